The number of likely N-dealkylation sites (tertiary alicyclic amines) is 1. The average Bonchev–Trinajstić information content (AvgIpc) is 3.91. The number of ether oxygens (including phenoxy) is 1. The number of carboxylic acid groups (broad SMARTS) is 1. The molecule has 0 saturated carbocycles. The standard InChI is InChI=1S/C40H58N10O10/c1-6-11-28(35(54)38(57)41-19-32(52)53)42-36(55)29-18-25(22-60-40(59)49-17-16-26-12-7-8-13-27(26)21-49)20-50(29)39(58)34(24(4)5)44-37(56)33(23(2)3)43-31(51)15-10-9-14-30-45-47-48-46-30/h7-8,12-13,23-25,28-29,33-34H,6,9-11,14-22H2,1-5H3,(H,41,57)(H,42,55)(H,43,51)(H,44,56)(H,52,53)(H,45,46,47,48)/t25-,28?,29+,33-,34+/m1/s1. The number of Topliss-reactive ketones (excluding diaryl/α,β-unsaturated/α-hetero) is 1. The predicted molar refractivity (Wildman–Crippen MR) is 213 cm³/mol. The molecule has 328 valence electrons. The number of aliphatic carboxylic acids is 1. The number of ketones is 1. The van der Waals surface area contributed by atoms with E-state index in [-0.39, 0.29) is 44.2 Å². The molecule has 0 aliphatic carbocycles. The second-order valence-electron chi connectivity index (χ2n) is 16.0. The number of H-pyrrole nitrogens is 1. The first-order valence-electron chi connectivity index (χ1n) is 20.5. The van der Waals surface area contributed by atoms with Crippen LogP contribution in [0.5, 0.6) is 0 Å². The van der Waals surface area contributed by atoms with Crippen LogP contribution >= 0.6 is 0 Å². The molecule has 2 aromatic rings. The van der Waals surface area contributed by atoms with E-state index in [9.17, 15) is 38.4 Å². The highest BCUT2D eigenvalue weighted by Gasteiger charge is 2.44. The Morgan fingerprint density at radius 3 is 2.32 bits per heavy atom. The SMILES string of the molecule is CCCC(NC(=O)[C@@H]1C[C@@H](COC(=O)N2CCc3ccccc3C2)CN1C(=O)[C@@H](NC(=O)[C@H](NC(=O)CCCCc1nn[nH]n1)C(C)C)C(C)C)C(=O)C(=O)NCC(=O)O. The number of fused-ring (bicyclic) bond motifs is 1. The van der Waals surface area contributed by atoms with E-state index in [2.05, 4.69) is 36.6 Å². The first-order valence-corrected chi connectivity index (χ1v) is 20.5. The van der Waals surface area contributed by atoms with Crippen LogP contribution in [0.25, 0.3) is 0 Å². The molecule has 60 heavy (non-hydrogen) atoms. The van der Waals surface area contributed by atoms with Gasteiger partial charge in [0.15, 0.2) is 5.82 Å². The minimum absolute atomic E-state index is 0.0299. The number of hydrogen-bond donors (Lipinski definition) is 6. The molecule has 0 radical (unpaired) electrons. The van der Waals surface area contributed by atoms with E-state index < -0.39 is 84.0 Å². The zero-order chi connectivity index (χ0) is 43.9. The van der Waals surface area contributed by atoms with Crippen LogP contribution in [0, 0.1) is 17.8 Å². The lowest BCUT2D eigenvalue weighted by Crippen LogP contribution is -2.59. The second kappa shape index (κ2) is 22.4. The summed E-state index contributed by atoms with van der Waals surface area (Å²) in [5, 5.41) is 32.8. The maximum Gasteiger partial charge on any atom is 0.410 e. The number of unbranched alkanes of at least 4 members (excludes halogenated alkanes) is 1. The molecule has 0 spiro atoms. The fourth-order valence-corrected chi connectivity index (χ4v) is 7.27. The molecule has 1 saturated heterocycles. The van der Waals surface area contributed by atoms with Gasteiger partial charge in [-0.05, 0) is 55.1 Å². The van der Waals surface area contributed by atoms with E-state index in [1.165, 1.54) is 4.90 Å². The largest absolute Gasteiger partial charge is 0.480 e. The molecular formula is C40H58N10O10. The Balaban J connectivity index is 1.48. The summed E-state index contributed by atoms with van der Waals surface area (Å²) in [6, 6.07) is 3.18. The number of amides is 6. The van der Waals surface area contributed by atoms with Crippen molar-refractivity contribution in [3.05, 3.63) is 41.2 Å². The molecule has 4 rings (SSSR count). The third-order valence-electron chi connectivity index (χ3n) is 10.6. The van der Waals surface area contributed by atoms with Gasteiger partial charge in [-0.25, -0.2) is 4.79 Å². The van der Waals surface area contributed by atoms with E-state index in [0.717, 1.165) is 11.1 Å². The van der Waals surface area contributed by atoms with Crippen LogP contribution in [0.2, 0.25) is 0 Å². The van der Waals surface area contributed by atoms with Crippen molar-refractivity contribution in [1.29, 1.82) is 0 Å². The molecule has 2 aliphatic heterocycles. The van der Waals surface area contributed by atoms with Crippen LogP contribution in [-0.2, 0) is 57.7 Å². The van der Waals surface area contributed by atoms with Crippen molar-refractivity contribution in [3.8, 4) is 0 Å². The fraction of sp³-hybridized carbons (Fsp3) is 0.625. The summed E-state index contributed by atoms with van der Waals surface area (Å²) < 4.78 is 5.74. The maximum atomic E-state index is 14.5. The number of hydrogen-bond acceptors (Lipinski definition) is 12. The highest BCUT2D eigenvalue weighted by molar-refractivity contribution is 6.38. The number of carbonyl (C=O) groups is 8. The van der Waals surface area contributed by atoms with Crippen molar-refractivity contribution < 1.29 is 48.2 Å². The number of aryl methyl sites for hydroxylation is 1. The summed E-state index contributed by atoms with van der Waals surface area (Å²) in [5.74, 6) is -6.69. The van der Waals surface area contributed by atoms with Gasteiger partial charge in [0, 0.05) is 38.4 Å². The van der Waals surface area contributed by atoms with Crippen LogP contribution < -0.4 is 21.3 Å². The summed E-state index contributed by atoms with van der Waals surface area (Å²) in [4.78, 5) is 108. The number of nitrogens with one attached hydrogen (secondary N) is 5. The number of aromatic nitrogens is 4. The van der Waals surface area contributed by atoms with Gasteiger partial charge in [-0.1, -0.05) is 70.5 Å². The zero-order valence-electron chi connectivity index (χ0n) is 34.9. The molecule has 20 heteroatoms. The summed E-state index contributed by atoms with van der Waals surface area (Å²) in [5.41, 5.74) is 2.17. The van der Waals surface area contributed by atoms with Crippen molar-refractivity contribution in [3.63, 3.8) is 0 Å². The van der Waals surface area contributed by atoms with Gasteiger partial charge < -0.3 is 40.9 Å². The number of rotatable bonds is 21. The van der Waals surface area contributed by atoms with Crippen LogP contribution in [-0.4, -0.2) is 133 Å². The van der Waals surface area contributed by atoms with E-state index >= 15 is 0 Å². The van der Waals surface area contributed by atoms with E-state index in [1.54, 1.807) is 39.5 Å². The summed E-state index contributed by atoms with van der Waals surface area (Å²) in [7, 11) is 0. The highest BCUT2D eigenvalue weighted by atomic mass is 16.6. The fourth-order valence-electron chi connectivity index (χ4n) is 7.27. The monoisotopic (exact) mass is 838 g/mol. The van der Waals surface area contributed by atoms with Crippen LogP contribution in [0.1, 0.15) is 90.1 Å². The van der Waals surface area contributed by atoms with Gasteiger partial charge in [0.2, 0.25) is 29.4 Å². The lowest BCUT2D eigenvalue weighted by molar-refractivity contribution is -0.145. The van der Waals surface area contributed by atoms with Gasteiger partial charge in [-0.3, -0.25) is 33.6 Å². The summed E-state index contributed by atoms with van der Waals surface area (Å²) in [6.07, 6.45) is 2.39. The average molecular weight is 839 g/mol. The van der Waals surface area contributed by atoms with Gasteiger partial charge in [-0.15, -0.1) is 10.2 Å². The Morgan fingerprint density at radius 2 is 1.67 bits per heavy atom. The number of benzene rings is 1. The third-order valence-corrected chi connectivity index (χ3v) is 10.6. The smallest absolute Gasteiger partial charge is 0.410 e. The zero-order valence-corrected chi connectivity index (χ0v) is 34.9. The van der Waals surface area contributed by atoms with Crippen molar-refractivity contribution in [2.45, 2.75) is 117 Å². The Kier molecular flexibility index (Phi) is 17.5. The molecule has 6 N–H and O–H groups in total. The molecule has 5 atom stereocenters. The normalized spacial score (nSPS) is 17.6. The molecule has 2 aliphatic rings. The molecule has 1 fully saturated rings. The van der Waals surface area contributed by atoms with E-state index in [1.807, 2.05) is 29.6 Å². The first-order chi connectivity index (χ1) is 28.6. The Labute approximate surface area is 348 Å². The molecule has 1 aromatic heterocycles. The van der Waals surface area contributed by atoms with Gasteiger partial charge in [0.25, 0.3) is 5.91 Å². The van der Waals surface area contributed by atoms with Gasteiger partial charge >= 0.3 is 12.1 Å². The van der Waals surface area contributed by atoms with E-state index in [0.29, 0.717) is 51.0 Å². The Morgan fingerprint density at radius 1 is 0.950 bits per heavy atom. The maximum absolute atomic E-state index is 14.5. The minimum atomic E-state index is -1.36. The summed E-state index contributed by atoms with van der Waals surface area (Å²) >= 11 is 0. The lowest BCUT2D eigenvalue weighted by Gasteiger charge is -2.32. The number of tetrazole rings is 1. The number of aromatic amines is 1. The number of carbonyl (C=O) groups excluding carboxylic acids is 7. The van der Waals surface area contributed by atoms with Gasteiger partial charge in [0.1, 0.15) is 24.7 Å². The second-order valence-corrected chi connectivity index (χ2v) is 16.0. The van der Waals surface area contributed by atoms with Crippen LogP contribution in [0.3, 0.4) is 0 Å². The Hall–Kier alpha value is -5.95. The topological polar surface area (TPSA) is 275 Å². The molecule has 20 nitrogen and oxygen atoms in total. The molecule has 0 bridgehead atoms. The third kappa shape index (κ3) is 13.3. The van der Waals surface area contributed by atoms with Crippen molar-refractivity contribution in [2.75, 3.05) is 26.2 Å². The first kappa shape index (κ1) is 46.7. The Bertz CT molecular complexity index is 1840. The van der Waals surface area contributed by atoms with Crippen LogP contribution in [0.15, 0.2) is 24.3 Å². The molecule has 1 aromatic carbocycles. The molecular weight excluding hydrogens is 780 g/mol. The molecule has 1 unspecified atom stereocenters. The van der Waals surface area contributed by atoms with Crippen molar-refractivity contribution >= 4 is 47.4 Å². The van der Waals surface area contributed by atoms with E-state index in [4.69, 9.17) is 9.84 Å². The summed E-state index contributed by atoms with van der Waals surface area (Å²) in [6.45, 7) is 8.58. The van der Waals surface area contributed by atoms with Crippen molar-refractivity contribution in [2.24, 2.45) is 17.8 Å². The predicted octanol–water partition coefficient (Wildman–Crippen LogP) is 0.661. The lowest BCUT2D eigenvalue weighted by atomic mass is 9.98. The van der Waals surface area contributed by atoms with Crippen LogP contribution in [0.4, 0.5) is 4.79 Å². The van der Waals surface area contributed by atoms with Gasteiger partial charge in [0.05, 0.1) is 12.6 Å². The van der Waals surface area contributed by atoms with Gasteiger partial charge in [-0.2, -0.15) is 5.21 Å². The highest BCUT2D eigenvalue weighted by Crippen LogP contribution is 2.27. The van der Waals surface area contributed by atoms with Crippen molar-refractivity contribution in [1.82, 2.24) is 51.7 Å². The quantitative estimate of drug-likeness (QED) is 0.0746. The number of carboxylic acids is 1. The number of nitrogens with zero attached hydrogens (tertiary/aromatic N) is 5. The molecule has 6 amide bonds. The molecule has 3 heterocycles. The minimum Gasteiger partial charge on any atom is -0.480 e.